The maximum Gasteiger partial charge on any atom is 0.227 e. The third-order valence-electron chi connectivity index (χ3n) is 6.01. The number of nitrogens with zero attached hydrogens (tertiary/aromatic N) is 2. The minimum Gasteiger partial charge on any atom is -0.497 e. The van der Waals surface area contributed by atoms with E-state index >= 15 is 0 Å². The second-order valence-corrected chi connectivity index (χ2v) is 7.69. The van der Waals surface area contributed by atoms with E-state index in [1.54, 1.807) is 19.2 Å². The van der Waals surface area contributed by atoms with Crippen LogP contribution in [0.5, 0.6) is 5.75 Å². The van der Waals surface area contributed by atoms with Gasteiger partial charge in [0.25, 0.3) is 0 Å². The van der Waals surface area contributed by atoms with Gasteiger partial charge in [0.1, 0.15) is 11.6 Å². The molecule has 28 heavy (non-hydrogen) atoms. The van der Waals surface area contributed by atoms with Crippen molar-refractivity contribution in [2.75, 3.05) is 33.3 Å². The number of amides is 1. The maximum atomic E-state index is 13.0. The van der Waals surface area contributed by atoms with E-state index in [1.165, 1.54) is 29.7 Å². The van der Waals surface area contributed by atoms with Gasteiger partial charge in [-0.05, 0) is 60.2 Å². The molecule has 1 saturated heterocycles. The van der Waals surface area contributed by atoms with Crippen LogP contribution in [-0.4, -0.2) is 49.0 Å². The summed E-state index contributed by atoms with van der Waals surface area (Å²) in [4.78, 5) is 17.1. The van der Waals surface area contributed by atoms with Gasteiger partial charge in [0, 0.05) is 32.2 Å². The van der Waals surface area contributed by atoms with Crippen LogP contribution in [0.2, 0.25) is 0 Å². The van der Waals surface area contributed by atoms with E-state index in [0.717, 1.165) is 50.3 Å². The van der Waals surface area contributed by atoms with Gasteiger partial charge in [-0.25, -0.2) is 4.39 Å². The third-order valence-corrected chi connectivity index (χ3v) is 6.01. The van der Waals surface area contributed by atoms with Crippen molar-refractivity contribution in [3.05, 3.63) is 65.0 Å². The van der Waals surface area contributed by atoms with Gasteiger partial charge in [0.05, 0.1) is 13.5 Å². The molecule has 148 valence electrons. The molecule has 4 nitrogen and oxygen atoms in total. The van der Waals surface area contributed by atoms with Crippen molar-refractivity contribution in [1.82, 2.24) is 9.80 Å². The molecule has 0 N–H and O–H groups in total. The summed E-state index contributed by atoms with van der Waals surface area (Å²) in [5.41, 5.74) is 3.67. The second kappa shape index (κ2) is 8.31. The van der Waals surface area contributed by atoms with Crippen LogP contribution in [0.3, 0.4) is 0 Å². The molecule has 1 aliphatic heterocycles. The van der Waals surface area contributed by atoms with Crippen molar-refractivity contribution < 1.29 is 13.9 Å². The number of hydrogen-bond acceptors (Lipinski definition) is 3. The molecule has 2 aromatic rings. The molecule has 5 heteroatoms. The molecular weight excluding hydrogens is 355 g/mol. The summed E-state index contributed by atoms with van der Waals surface area (Å²) in [6, 6.07) is 13.0. The van der Waals surface area contributed by atoms with E-state index in [0.29, 0.717) is 12.5 Å². The number of piperazine rings is 1. The largest absolute Gasteiger partial charge is 0.497 e. The van der Waals surface area contributed by atoms with Gasteiger partial charge in [0.15, 0.2) is 0 Å². The normalized spacial score (nSPS) is 19.9. The fourth-order valence-electron chi connectivity index (χ4n) is 4.43. The molecule has 2 aromatic carbocycles. The van der Waals surface area contributed by atoms with E-state index in [9.17, 15) is 9.18 Å². The van der Waals surface area contributed by atoms with Gasteiger partial charge in [0.2, 0.25) is 5.91 Å². The van der Waals surface area contributed by atoms with Crippen LogP contribution < -0.4 is 4.74 Å². The lowest BCUT2D eigenvalue weighted by Gasteiger charge is -2.41. The van der Waals surface area contributed by atoms with Crippen molar-refractivity contribution in [3.8, 4) is 5.75 Å². The Kier molecular flexibility index (Phi) is 5.62. The van der Waals surface area contributed by atoms with E-state index < -0.39 is 0 Å². The summed E-state index contributed by atoms with van der Waals surface area (Å²) in [5, 5.41) is 0. The number of hydrogen-bond donors (Lipinski definition) is 0. The van der Waals surface area contributed by atoms with Gasteiger partial charge >= 0.3 is 0 Å². The molecule has 1 aliphatic carbocycles. The van der Waals surface area contributed by atoms with Crippen molar-refractivity contribution in [1.29, 1.82) is 0 Å². The van der Waals surface area contributed by atoms with Crippen LogP contribution in [0, 0.1) is 5.82 Å². The van der Waals surface area contributed by atoms with Crippen LogP contribution in [0.1, 0.15) is 35.6 Å². The standard InChI is InChI=1S/C23H27FN2O2/c1-28-20-10-7-18-3-2-4-22(21(18)16-20)25-11-13-26(14-12-25)23(27)15-17-5-8-19(24)9-6-17/h5-10,16,22H,2-4,11-15H2,1H3. The van der Waals surface area contributed by atoms with Crippen molar-refractivity contribution in [2.45, 2.75) is 31.7 Å². The lowest BCUT2D eigenvalue weighted by molar-refractivity contribution is -0.132. The molecule has 0 saturated carbocycles. The van der Waals surface area contributed by atoms with Crippen molar-refractivity contribution in [3.63, 3.8) is 0 Å². The minimum atomic E-state index is -0.269. The number of halogens is 1. The first-order chi connectivity index (χ1) is 13.6. The zero-order chi connectivity index (χ0) is 19.5. The van der Waals surface area contributed by atoms with E-state index in [1.807, 2.05) is 11.0 Å². The Hall–Kier alpha value is -2.40. The van der Waals surface area contributed by atoms with E-state index in [2.05, 4.69) is 17.0 Å². The topological polar surface area (TPSA) is 32.8 Å². The summed E-state index contributed by atoms with van der Waals surface area (Å²) >= 11 is 0. The van der Waals surface area contributed by atoms with Crippen LogP contribution in [0.15, 0.2) is 42.5 Å². The molecule has 4 rings (SSSR count). The Morgan fingerprint density at radius 1 is 1.11 bits per heavy atom. The molecule has 0 radical (unpaired) electrons. The Morgan fingerprint density at radius 3 is 2.57 bits per heavy atom. The highest BCUT2D eigenvalue weighted by Gasteiger charge is 2.30. The van der Waals surface area contributed by atoms with Crippen molar-refractivity contribution >= 4 is 5.91 Å². The average molecular weight is 382 g/mol. The Balaban J connectivity index is 1.38. The number of methoxy groups -OCH3 is 1. The minimum absolute atomic E-state index is 0.122. The first-order valence-corrected chi connectivity index (χ1v) is 10.1. The summed E-state index contributed by atoms with van der Waals surface area (Å²) in [6.07, 6.45) is 3.83. The van der Waals surface area contributed by atoms with Gasteiger partial charge < -0.3 is 9.64 Å². The second-order valence-electron chi connectivity index (χ2n) is 7.69. The lowest BCUT2D eigenvalue weighted by atomic mass is 9.86. The zero-order valence-corrected chi connectivity index (χ0v) is 16.4. The number of ether oxygens (including phenoxy) is 1. The third kappa shape index (κ3) is 4.04. The number of aryl methyl sites for hydroxylation is 1. The van der Waals surface area contributed by atoms with Gasteiger partial charge in [-0.3, -0.25) is 9.69 Å². The fourth-order valence-corrected chi connectivity index (χ4v) is 4.43. The first kappa shape index (κ1) is 18.9. The SMILES string of the molecule is COc1ccc2c(c1)C(N1CCN(C(=O)Cc3ccc(F)cc3)CC1)CCC2. The molecular formula is C23H27FN2O2. The smallest absolute Gasteiger partial charge is 0.227 e. The van der Waals surface area contributed by atoms with Gasteiger partial charge in [-0.1, -0.05) is 18.2 Å². The van der Waals surface area contributed by atoms with Crippen molar-refractivity contribution in [2.24, 2.45) is 0 Å². The number of benzene rings is 2. The van der Waals surface area contributed by atoms with Gasteiger partial charge in [-0.15, -0.1) is 0 Å². The zero-order valence-electron chi connectivity index (χ0n) is 16.4. The van der Waals surface area contributed by atoms with E-state index in [4.69, 9.17) is 4.74 Å². The van der Waals surface area contributed by atoms with Crippen LogP contribution in [0.25, 0.3) is 0 Å². The predicted octanol–water partition coefficient (Wildman–Crippen LogP) is 3.60. The molecule has 1 fully saturated rings. The predicted molar refractivity (Wildman–Crippen MR) is 107 cm³/mol. The van der Waals surface area contributed by atoms with Crippen LogP contribution in [0.4, 0.5) is 4.39 Å². The molecule has 2 aliphatic rings. The quantitative estimate of drug-likeness (QED) is 0.810. The number of rotatable bonds is 4. The summed E-state index contributed by atoms with van der Waals surface area (Å²) < 4.78 is 18.5. The van der Waals surface area contributed by atoms with Crippen LogP contribution >= 0.6 is 0 Å². The summed E-state index contributed by atoms with van der Waals surface area (Å²) in [5.74, 6) is 0.768. The van der Waals surface area contributed by atoms with Crippen LogP contribution in [-0.2, 0) is 17.6 Å². The first-order valence-electron chi connectivity index (χ1n) is 10.1. The highest BCUT2D eigenvalue weighted by molar-refractivity contribution is 5.78. The maximum absolute atomic E-state index is 13.0. The molecule has 0 aromatic heterocycles. The summed E-state index contributed by atoms with van der Waals surface area (Å²) in [7, 11) is 1.71. The molecule has 1 amide bonds. The summed E-state index contributed by atoms with van der Waals surface area (Å²) in [6.45, 7) is 3.26. The number of fused-ring (bicyclic) bond motifs is 1. The monoisotopic (exact) mass is 382 g/mol. The van der Waals surface area contributed by atoms with Gasteiger partial charge in [-0.2, -0.15) is 0 Å². The highest BCUT2D eigenvalue weighted by atomic mass is 19.1. The highest BCUT2D eigenvalue weighted by Crippen LogP contribution is 2.36. The molecule has 1 unspecified atom stereocenters. The molecule has 1 atom stereocenters. The Labute approximate surface area is 165 Å². The molecule has 0 bridgehead atoms. The average Bonchev–Trinajstić information content (AvgIpc) is 2.74. The molecule has 1 heterocycles. The molecule has 0 spiro atoms. The fraction of sp³-hybridized carbons (Fsp3) is 0.435. The lowest BCUT2D eigenvalue weighted by Crippen LogP contribution is -2.50. The number of carbonyl (C=O) groups excluding carboxylic acids is 1. The Bertz CT molecular complexity index is 829. The number of carbonyl (C=O) groups is 1. The van der Waals surface area contributed by atoms with E-state index in [-0.39, 0.29) is 11.7 Å². The Morgan fingerprint density at radius 2 is 1.86 bits per heavy atom.